The molecular formula is C11H18N4O2. The Labute approximate surface area is 100 Å². The van der Waals surface area contributed by atoms with E-state index in [4.69, 9.17) is 5.11 Å². The van der Waals surface area contributed by atoms with Gasteiger partial charge in [0.05, 0.1) is 12.0 Å². The minimum Gasteiger partial charge on any atom is -0.481 e. The normalized spacial score (nSPS) is 18.1. The van der Waals surface area contributed by atoms with Crippen molar-refractivity contribution < 1.29 is 9.90 Å². The summed E-state index contributed by atoms with van der Waals surface area (Å²) >= 11 is 0. The molecule has 0 bridgehead atoms. The standard InChI is InChI=1S/C11H18N4O2/c1-7(8-4-5-8)9-12-13-14-15(9)6-11(2,3)10(16)17/h7-8H,4-6H2,1-3H3,(H,16,17). The van der Waals surface area contributed by atoms with E-state index in [0.29, 0.717) is 18.4 Å². The van der Waals surface area contributed by atoms with Crippen molar-refractivity contribution in [2.24, 2.45) is 11.3 Å². The second-order valence-corrected chi connectivity index (χ2v) is 5.51. The lowest BCUT2D eigenvalue weighted by Gasteiger charge is -2.20. The Morgan fingerprint density at radius 1 is 1.59 bits per heavy atom. The van der Waals surface area contributed by atoms with Crippen LogP contribution < -0.4 is 0 Å². The molecule has 0 saturated heterocycles. The maximum atomic E-state index is 11.1. The maximum absolute atomic E-state index is 11.1. The van der Waals surface area contributed by atoms with Crippen molar-refractivity contribution in [1.29, 1.82) is 0 Å². The highest BCUT2D eigenvalue weighted by Gasteiger charge is 2.35. The van der Waals surface area contributed by atoms with E-state index in [1.807, 2.05) is 0 Å². The molecule has 0 amide bonds. The number of nitrogens with zero attached hydrogens (tertiary/aromatic N) is 4. The van der Waals surface area contributed by atoms with Gasteiger partial charge in [0.25, 0.3) is 0 Å². The van der Waals surface area contributed by atoms with Crippen LogP contribution in [0, 0.1) is 11.3 Å². The third kappa shape index (κ3) is 2.45. The number of hydrogen-bond donors (Lipinski definition) is 1. The van der Waals surface area contributed by atoms with E-state index in [0.717, 1.165) is 5.82 Å². The van der Waals surface area contributed by atoms with Crippen molar-refractivity contribution >= 4 is 5.97 Å². The molecule has 1 unspecified atom stereocenters. The molecule has 1 aliphatic carbocycles. The molecule has 94 valence electrons. The van der Waals surface area contributed by atoms with Gasteiger partial charge >= 0.3 is 5.97 Å². The fraction of sp³-hybridized carbons (Fsp3) is 0.818. The van der Waals surface area contributed by atoms with Crippen LogP contribution in [0.1, 0.15) is 45.4 Å². The van der Waals surface area contributed by atoms with E-state index in [2.05, 4.69) is 22.4 Å². The minimum atomic E-state index is -0.854. The first-order valence-corrected chi connectivity index (χ1v) is 5.91. The summed E-state index contributed by atoms with van der Waals surface area (Å²) < 4.78 is 1.64. The van der Waals surface area contributed by atoms with Crippen molar-refractivity contribution in [3.63, 3.8) is 0 Å². The van der Waals surface area contributed by atoms with Gasteiger partial charge in [0.2, 0.25) is 0 Å². The molecule has 6 heteroatoms. The van der Waals surface area contributed by atoms with Gasteiger partial charge in [-0.05, 0) is 43.0 Å². The van der Waals surface area contributed by atoms with Gasteiger partial charge in [-0.3, -0.25) is 4.79 Å². The van der Waals surface area contributed by atoms with E-state index in [9.17, 15) is 4.79 Å². The highest BCUT2D eigenvalue weighted by atomic mass is 16.4. The number of aliphatic carboxylic acids is 1. The van der Waals surface area contributed by atoms with Crippen molar-refractivity contribution in [3.05, 3.63) is 5.82 Å². The summed E-state index contributed by atoms with van der Waals surface area (Å²) in [7, 11) is 0. The van der Waals surface area contributed by atoms with Gasteiger partial charge < -0.3 is 5.11 Å². The molecule has 0 aromatic carbocycles. The third-order valence-corrected chi connectivity index (χ3v) is 3.42. The molecule has 1 fully saturated rings. The van der Waals surface area contributed by atoms with E-state index >= 15 is 0 Å². The fourth-order valence-corrected chi connectivity index (χ4v) is 1.90. The first-order chi connectivity index (χ1) is 7.92. The van der Waals surface area contributed by atoms with Crippen molar-refractivity contribution in [2.45, 2.75) is 46.1 Å². The van der Waals surface area contributed by atoms with Crippen LogP contribution in [-0.2, 0) is 11.3 Å². The lowest BCUT2D eigenvalue weighted by Crippen LogP contribution is -2.30. The second kappa shape index (κ2) is 4.09. The van der Waals surface area contributed by atoms with E-state index in [1.165, 1.54) is 12.8 Å². The van der Waals surface area contributed by atoms with Crippen LogP contribution in [0.25, 0.3) is 0 Å². The number of carbonyl (C=O) groups is 1. The van der Waals surface area contributed by atoms with Gasteiger partial charge in [0.1, 0.15) is 0 Å². The average Bonchev–Trinajstić information content (AvgIpc) is 2.99. The molecular weight excluding hydrogens is 220 g/mol. The molecule has 6 nitrogen and oxygen atoms in total. The van der Waals surface area contributed by atoms with Crippen LogP contribution in [0.5, 0.6) is 0 Å². The Bertz CT molecular complexity index is 423. The Morgan fingerprint density at radius 2 is 2.24 bits per heavy atom. The largest absolute Gasteiger partial charge is 0.481 e. The Kier molecular flexibility index (Phi) is 2.89. The monoisotopic (exact) mass is 238 g/mol. The molecule has 1 aromatic rings. The van der Waals surface area contributed by atoms with Gasteiger partial charge in [-0.25, -0.2) is 4.68 Å². The zero-order valence-corrected chi connectivity index (χ0v) is 10.4. The van der Waals surface area contributed by atoms with Crippen LogP contribution in [0.2, 0.25) is 0 Å². The second-order valence-electron chi connectivity index (χ2n) is 5.51. The zero-order chi connectivity index (χ0) is 12.6. The summed E-state index contributed by atoms with van der Waals surface area (Å²) in [6.45, 7) is 5.78. The summed E-state index contributed by atoms with van der Waals surface area (Å²) in [5.74, 6) is 0.946. The van der Waals surface area contributed by atoms with Crippen LogP contribution >= 0.6 is 0 Å². The lowest BCUT2D eigenvalue weighted by molar-refractivity contribution is -0.147. The number of carboxylic acid groups (broad SMARTS) is 1. The summed E-state index contributed by atoms with van der Waals surface area (Å²) in [5, 5.41) is 20.7. The van der Waals surface area contributed by atoms with Gasteiger partial charge in [-0.1, -0.05) is 6.92 Å². The van der Waals surface area contributed by atoms with E-state index in [-0.39, 0.29) is 0 Å². The fourth-order valence-electron chi connectivity index (χ4n) is 1.90. The number of hydrogen-bond acceptors (Lipinski definition) is 4. The summed E-state index contributed by atoms with van der Waals surface area (Å²) in [6, 6.07) is 0. The molecule has 1 aromatic heterocycles. The summed E-state index contributed by atoms with van der Waals surface area (Å²) in [6.07, 6.45) is 2.44. The van der Waals surface area contributed by atoms with Crippen LogP contribution in [0.15, 0.2) is 0 Å². The predicted molar refractivity (Wildman–Crippen MR) is 60.4 cm³/mol. The van der Waals surface area contributed by atoms with Crippen molar-refractivity contribution in [3.8, 4) is 0 Å². The minimum absolute atomic E-state index is 0.307. The molecule has 0 spiro atoms. The Balaban J connectivity index is 2.16. The van der Waals surface area contributed by atoms with Gasteiger partial charge in [-0.2, -0.15) is 0 Å². The first-order valence-electron chi connectivity index (χ1n) is 5.91. The quantitative estimate of drug-likeness (QED) is 0.836. The Morgan fingerprint density at radius 3 is 2.76 bits per heavy atom. The van der Waals surface area contributed by atoms with E-state index in [1.54, 1.807) is 18.5 Å². The number of carboxylic acids is 1. The molecule has 17 heavy (non-hydrogen) atoms. The molecule has 1 saturated carbocycles. The van der Waals surface area contributed by atoms with E-state index < -0.39 is 11.4 Å². The lowest BCUT2D eigenvalue weighted by atomic mass is 9.93. The molecule has 0 aliphatic heterocycles. The topological polar surface area (TPSA) is 80.9 Å². The molecule has 1 heterocycles. The van der Waals surface area contributed by atoms with Gasteiger partial charge in [0, 0.05) is 5.92 Å². The highest BCUT2D eigenvalue weighted by molar-refractivity contribution is 5.73. The molecule has 1 atom stereocenters. The first kappa shape index (κ1) is 12.0. The van der Waals surface area contributed by atoms with Gasteiger partial charge in [0.15, 0.2) is 5.82 Å². The molecule has 0 radical (unpaired) electrons. The highest BCUT2D eigenvalue weighted by Crippen LogP contribution is 2.41. The number of aromatic nitrogens is 4. The number of rotatable bonds is 5. The average molecular weight is 238 g/mol. The summed E-state index contributed by atoms with van der Waals surface area (Å²) in [5.41, 5.74) is -0.854. The molecule has 1 aliphatic rings. The maximum Gasteiger partial charge on any atom is 0.310 e. The van der Waals surface area contributed by atoms with Crippen LogP contribution in [0.4, 0.5) is 0 Å². The predicted octanol–water partition coefficient (Wildman–Crippen LogP) is 1.30. The van der Waals surface area contributed by atoms with Crippen LogP contribution in [-0.4, -0.2) is 31.3 Å². The van der Waals surface area contributed by atoms with Crippen molar-refractivity contribution in [1.82, 2.24) is 20.2 Å². The smallest absolute Gasteiger partial charge is 0.310 e. The van der Waals surface area contributed by atoms with Gasteiger partial charge in [-0.15, -0.1) is 5.10 Å². The molecule has 1 N–H and O–H groups in total. The summed E-state index contributed by atoms with van der Waals surface area (Å²) in [4.78, 5) is 11.1. The third-order valence-electron chi connectivity index (χ3n) is 3.42. The van der Waals surface area contributed by atoms with Crippen LogP contribution in [0.3, 0.4) is 0 Å². The number of tetrazole rings is 1. The Hall–Kier alpha value is -1.46. The van der Waals surface area contributed by atoms with Crippen molar-refractivity contribution in [2.75, 3.05) is 0 Å². The SMILES string of the molecule is CC(c1nnnn1CC(C)(C)C(=O)O)C1CC1. The zero-order valence-electron chi connectivity index (χ0n) is 10.4. The molecule has 2 rings (SSSR count).